The number of esters is 1. The van der Waals surface area contributed by atoms with Crippen molar-refractivity contribution in [2.45, 2.75) is 25.6 Å². The van der Waals surface area contributed by atoms with Crippen LogP contribution >= 0.6 is 0 Å². The minimum atomic E-state index is -1.05. The summed E-state index contributed by atoms with van der Waals surface area (Å²) in [6, 6.07) is 6.40. The molecule has 5 nitrogen and oxygen atoms in total. The number of aliphatic hydroxyl groups excluding tert-OH is 2. The molecule has 0 bridgehead atoms. The normalized spacial score (nSPS) is 14.0. The van der Waals surface area contributed by atoms with E-state index in [0.717, 1.165) is 0 Å². The molecular weight excluding hydrogens is 234 g/mol. The largest absolute Gasteiger partial charge is 0.462 e. The molecule has 0 aromatic heterocycles. The third-order valence-corrected chi connectivity index (χ3v) is 2.57. The van der Waals surface area contributed by atoms with Gasteiger partial charge in [0.15, 0.2) is 0 Å². The molecule has 0 saturated heterocycles. The summed E-state index contributed by atoms with van der Waals surface area (Å²) in [6.07, 6.45) is -1.69. The average molecular weight is 253 g/mol. The van der Waals surface area contributed by atoms with Gasteiger partial charge in [0.25, 0.3) is 0 Å². The Morgan fingerprint density at radius 2 is 2.17 bits per heavy atom. The highest BCUT2D eigenvalue weighted by molar-refractivity contribution is 5.89. The van der Waals surface area contributed by atoms with Crippen molar-refractivity contribution in [3.05, 3.63) is 35.4 Å². The Kier molecular flexibility index (Phi) is 5.77. The molecule has 1 aromatic rings. The molecule has 2 unspecified atom stereocenters. The molecular formula is C13H19NO4. The summed E-state index contributed by atoms with van der Waals surface area (Å²) >= 11 is 0. The minimum absolute atomic E-state index is 0.287. The molecule has 0 aliphatic carbocycles. The van der Waals surface area contributed by atoms with E-state index in [9.17, 15) is 15.0 Å². The maximum Gasteiger partial charge on any atom is 0.338 e. The lowest BCUT2D eigenvalue weighted by atomic mass is 10.0. The van der Waals surface area contributed by atoms with E-state index in [1.54, 1.807) is 25.1 Å². The molecule has 0 radical (unpaired) electrons. The summed E-state index contributed by atoms with van der Waals surface area (Å²) in [7, 11) is 0. The average Bonchev–Trinajstić information content (AvgIpc) is 2.38. The van der Waals surface area contributed by atoms with Crippen molar-refractivity contribution in [1.29, 1.82) is 0 Å². The number of aliphatic hydroxyl groups is 2. The zero-order chi connectivity index (χ0) is 13.5. The maximum absolute atomic E-state index is 11.5. The van der Waals surface area contributed by atoms with Crippen LogP contribution in [0.15, 0.2) is 24.3 Å². The van der Waals surface area contributed by atoms with Gasteiger partial charge in [-0.3, -0.25) is 0 Å². The van der Waals surface area contributed by atoms with E-state index >= 15 is 0 Å². The zero-order valence-electron chi connectivity index (χ0n) is 10.4. The van der Waals surface area contributed by atoms with Gasteiger partial charge in [-0.15, -0.1) is 0 Å². The van der Waals surface area contributed by atoms with Crippen LogP contribution in [0.2, 0.25) is 0 Å². The smallest absolute Gasteiger partial charge is 0.338 e. The van der Waals surface area contributed by atoms with E-state index in [0.29, 0.717) is 24.2 Å². The van der Waals surface area contributed by atoms with Crippen LogP contribution in [0.4, 0.5) is 0 Å². The van der Waals surface area contributed by atoms with Gasteiger partial charge in [0, 0.05) is 0 Å². The number of nitrogens with two attached hydrogens (primary N) is 1. The van der Waals surface area contributed by atoms with Crippen LogP contribution < -0.4 is 5.73 Å². The van der Waals surface area contributed by atoms with Crippen molar-refractivity contribution < 1.29 is 19.7 Å². The van der Waals surface area contributed by atoms with Crippen LogP contribution in [0.25, 0.3) is 0 Å². The quantitative estimate of drug-likeness (QED) is 0.646. The van der Waals surface area contributed by atoms with E-state index < -0.39 is 18.2 Å². The Morgan fingerprint density at radius 1 is 1.44 bits per heavy atom. The number of hydrogen-bond donors (Lipinski definition) is 3. The monoisotopic (exact) mass is 253 g/mol. The molecule has 5 heteroatoms. The van der Waals surface area contributed by atoms with Gasteiger partial charge in [-0.25, -0.2) is 4.79 Å². The highest BCUT2D eigenvalue weighted by Gasteiger charge is 2.18. The first-order valence-electron chi connectivity index (χ1n) is 5.93. The van der Waals surface area contributed by atoms with Crippen LogP contribution in [0.5, 0.6) is 0 Å². The van der Waals surface area contributed by atoms with E-state index in [4.69, 9.17) is 10.5 Å². The molecule has 0 amide bonds. The van der Waals surface area contributed by atoms with Crippen molar-refractivity contribution in [2.24, 2.45) is 5.73 Å². The molecule has 18 heavy (non-hydrogen) atoms. The van der Waals surface area contributed by atoms with Crippen LogP contribution in [0, 0.1) is 0 Å². The number of carbonyl (C=O) groups excluding carboxylic acids is 1. The van der Waals surface area contributed by atoms with Gasteiger partial charge in [0.1, 0.15) is 6.10 Å². The van der Waals surface area contributed by atoms with Crippen molar-refractivity contribution in [3.63, 3.8) is 0 Å². The Labute approximate surface area is 106 Å². The summed E-state index contributed by atoms with van der Waals surface area (Å²) < 4.78 is 4.87. The lowest BCUT2D eigenvalue weighted by Gasteiger charge is -2.17. The van der Waals surface area contributed by atoms with Crippen LogP contribution in [0.1, 0.15) is 35.4 Å². The van der Waals surface area contributed by atoms with Crippen LogP contribution in [0.3, 0.4) is 0 Å². The fourth-order valence-electron chi connectivity index (χ4n) is 1.61. The van der Waals surface area contributed by atoms with Gasteiger partial charge in [0.2, 0.25) is 0 Å². The second kappa shape index (κ2) is 7.10. The topological polar surface area (TPSA) is 92.8 Å². The van der Waals surface area contributed by atoms with Crippen molar-refractivity contribution in [2.75, 3.05) is 13.2 Å². The van der Waals surface area contributed by atoms with E-state index in [1.807, 2.05) is 0 Å². The van der Waals surface area contributed by atoms with E-state index in [1.165, 1.54) is 6.07 Å². The molecule has 0 saturated carbocycles. The van der Waals surface area contributed by atoms with Crippen LogP contribution in [-0.2, 0) is 4.74 Å². The molecule has 100 valence electrons. The van der Waals surface area contributed by atoms with Crippen molar-refractivity contribution in [1.82, 2.24) is 0 Å². The molecule has 0 fully saturated rings. The molecule has 4 N–H and O–H groups in total. The summed E-state index contributed by atoms with van der Waals surface area (Å²) in [4.78, 5) is 11.5. The van der Waals surface area contributed by atoms with E-state index in [-0.39, 0.29) is 6.54 Å². The Balaban J connectivity index is 2.84. The Morgan fingerprint density at radius 3 is 2.78 bits per heavy atom. The predicted octanol–water partition coefficient (Wildman–Crippen LogP) is 0.606. The SMILES string of the molecule is CCOC(=O)c1cccc(C(O)C(O)CCN)c1. The summed E-state index contributed by atoms with van der Waals surface area (Å²) in [5.41, 5.74) is 6.15. The molecule has 0 spiro atoms. The Bertz CT molecular complexity index is 394. The first kappa shape index (κ1) is 14.6. The van der Waals surface area contributed by atoms with Gasteiger partial charge in [0.05, 0.1) is 18.3 Å². The standard InChI is InChI=1S/C13H19NO4/c1-2-18-13(17)10-5-3-4-9(8-10)12(16)11(15)6-7-14/h3-5,8,11-12,15-16H,2,6-7,14H2,1H3. The Hall–Kier alpha value is -1.43. The molecule has 0 aliphatic rings. The van der Waals surface area contributed by atoms with Crippen LogP contribution in [-0.4, -0.2) is 35.4 Å². The fraction of sp³-hybridized carbons (Fsp3) is 0.462. The zero-order valence-corrected chi connectivity index (χ0v) is 10.4. The number of ether oxygens (including phenoxy) is 1. The summed E-state index contributed by atoms with van der Waals surface area (Å²) in [5.74, 6) is -0.445. The molecule has 0 heterocycles. The number of carbonyl (C=O) groups is 1. The van der Waals surface area contributed by atoms with Gasteiger partial charge in [-0.05, 0) is 37.6 Å². The second-order valence-corrected chi connectivity index (χ2v) is 3.94. The van der Waals surface area contributed by atoms with Crippen molar-refractivity contribution >= 4 is 5.97 Å². The minimum Gasteiger partial charge on any atom is -0.462 e. The highest BCUT2D eigenvalue weighted by atomic mass is 16.5. The fourth-order valence-corrected chi connectivity index (χ4v) is 1.61. The number of hydrogen-bond acceptors (Lipinski definition) is 5. The third kappa shape index (κ3) is 3.80. The number of rotatable bonds is 6. The molecule has 0 aliphatic heterocycles. The predicted molar refractivity (Wildman–Crippen MR) is 67.0 cm³/mol. The maximum atomic E-state index is 11.5. The molecule has 2 atom stereocenters. The summed E-state index contributed by atoms with van der Waals surface area (Å²) in [5, 5.41) is 19.6. The third-order valence-electron chi connectivity index (χ3n) is 2.57. The van der Waals surface area contributed by atoms with Gasteiger partial charge >= 0.3 is 5.97 Å². The lowest BCUT2D eigenvalue weighted by Crippen LogP contribution is -2.22. The lowest BCUT2D eigenvalue weighted by molar-refractivity contribution is 0.0149. The van der Waals surface area contributed by atoms with Gasteiger partial charge in [-0.1, -0.05) is 12.1 Å². The van der Waals surface area contributed by atoms with E-state index in [2.05, 4.69) is 0 Å². The molecule has 1 rings (SSSR count). The first-order chi connectivity index (χ1) is 8.60. The first-order valence-corrected chi connectivity index (χ1v) is 5.93. The second-order valence-electron chi connectivity index (χ2n) is 3.94. The highest BCUT2D eigenvalue weighted by Crippen LogP contribution is 2.20. The number of benzene rings is 1. The summed E-state index contributed by atoms with van der Waals surface area (Å²) in [6.45, 7) is 2.30. The van der Waals surface area contributed by atoms with Crippen molar-refractivity contribution in [3.8, 4) is 0 Å². The van der Waals surface area contributed by atoms with Gasteiger partial charge in [-0.2, -0.15) is 0 Å². The van der Waals surface area contributed by atoms with Gasteiger partial charge < -0.3 is 20.7 Å². The molecule has 1 aromatic carbocycles.